The Morgan fingerprint density at radius 2 is 1.64 bits per heavy atom. The summed E-state index contributed by atoms with van der Waals surface area (Å²) in [5, 5.41) is 7.80. The van der Waals surface area contributed by atoms with Crippen molar-refractivity contribution in [2.45, 2.75) is 6.92 Å². The van der Waals surface area contributed by atoms with E-state index in [9.17, 15) is 9.59 Å². The second-order valence-corrected chi connectivity index (χ2v) is 8.47. The van der Waals surface area contributed by atoms with Gasteiger partial charge in [0.1, 0.15) is 0 Å². The zero-order chi connectivity index (χ0) is 22.8. The lowest BCUT2D eigenvalue weighted by Crippen LogP contribution is -2.15. The van der Waals surface area contributed by atoms with Gasteiger partial charge < -0.3 is 10.6 Å². The van der Waals surface area contributed by atoms with Gasteiger partial charge in [-0.25, -0.2) is 4.98 Å². The lowest BCUT2D eigenvalue weighted by molar-refractivity contribution is 0.101. The molecule has 2 heterocycles. The highest BCUT2D eigenvalue weighted by atomic mass is 32.1. The van der Waals surface area contributed by atoms with Crippen LogP contribution >= 0.6 is 11.3 Å². The molecule has 7 heteroatoms. The standard InChI is InChI=1S/C26H20N4O2S/c1-17-7-8-20(15-22(17)28-24(31)19-5-3-2-4-6-19)25(32)27-21-11-9-18(10-12-21)23-16-30-13-14-33-26(30)29-23/h2-16H,1H3,(H,27,32)(H,28,31). The van der Waals surface area contributed by atoms with Crippen molar-refractivity contribution in [3.8, 4) is 11.3 Å². The lowest BCUT2D eigenvalue weighted by atomic mass is 10.1. The molecule has 0 bridgehead atoms. The van der Waals surface area contributed by atoms with Crippen LogP contribution in [0.4, 0.5) is 11.4 Å². The maximum absolute atomic E-state index is 12.8. The largest absolute Gasteiger partial charge is 0.322 e. The van der Waals surface area contributed by atoms with Gasteiger partial charge >= 0.3 is 0 Å². The number of nitrogens with one attached hydrogen (secondary N) is 2. The summed E-state index contributed by atoms with van der Waals surface area (Å²) in [6, 6.07) is 21.8. The van der Waals surface area contributed by atoms with Crippen LogP contribution in [0.3, 0.4) is 0 Å². The Balaban J connectivity index is 1.30. The fourth-order valence-electron chi connectivity index (χ4n) is 3.48. The molecule has 0 atom stereocenters. The summed E-state index contributed by atoms with van der Waals surface area (Å²) < 4.78 is 1.99. The van der Waals surface area contributed by atoms with Crippen molar-refractivity contribution in [3.63, 3.8) is 0 Å². The number of amides is 2. The summed E-state index contributed by atoms with van der Waals surface area (Å²) in [5.41, 5.74) is 5.04. The van der Waals surface area contributed by atoms with Crippen molar-refractivity contribution in [3.05, 3.63) is 107 Å². The number of benzene rings is 3. The first-order chi connectivity index (χ1) is 16.1. The number of aromatic nitrogens is 2. The van der Waals surface area contributed by atoms with Gasteiger partial charge in [0.15, 0.2) is 4.96 Å². The number of rotatable bonds is 5. The minimum atomic E-state index is -0.250. The second kappa shape index (κ2) is 8.72. The molecular formula is C26H20N4O2S. The molecule has 0 saturated heterocycles. The van der Waals surface area contributed by atoms with Gasteiger partial charge in [0.25, 0.3) is 11.8 Å². The van der Waals surface area contributed by atoms with E-state index in [2.05, 4.69) is 15.6 Å². The van der Waals surface area contributed by atoms with E-state index in [0.29, 0.717) is 22.5 Å². The van der Waals surface area contributed by atoms with Gasteiger partial charge in [-0.3, -0.25) is 14.0 Å². The van der Waals surface area contributed by atoms with Crippen molar-refractivity contribution < 1.29 is 9.59 Å². The van der Waals surface area contributed by atoms with Gasteiger partial charge in [-0.15, -0.1) is 11.3 Å². The molecule has 0 saturated carbocycles. The minimum absolute atomic E-state index is 0.217. The van der Waals surface area contributed by atoms with E-state index in [0.717, 1.165) is 21.8 Å². The molecule has 0 aliphatic carbocycles. The van der Waals surface area contributed by atoms with Crippen LogP contribution in [-0.2, 0) is 0 Å². The van der Waals surface area contributed by atoms with Crippen molar-refractivity contribution in [1.29, 1.82) is 0 Å². The Labute approximate surface area is 194 Å². The number of nitrogens with zero attached hydrogens (tertiary/aromatic N) is 2. The molecule has 3 aromatic carbocycles. The number of carbonyl (C=O) groups excluding carboxylic acids is 2. The molecule has 6 nitrogen and oxygen atoms in total. The summed E-state index contributed by atoms with van der Waals surface area (Å²) in [4.78, 5) is 30.9. The minimum Gasteiger partial charge on any atom is -0.322 e. The molecule has 2 amide bonds. The molecule has 2 N–H and O–H groups in total. The summed E-state index contributed by atoms with van der Waals surface area (Å²) >= 11 is 1.58. The van der Waals surface area contributed by atoms with Gasteiger partial charge in [0, 0.05) is 45.8 Å². The normalized spacial score (nSPS) is 10.8. The first-order valence-electron chi connectivity index (χ1n) is 10.4. The first-order valence-corrected chi connectivity index (χ1v) is 11.3. The summed E-state index contributed by atoms with van der Waals surface area (Å²) in [6.45, 7) is 1.89. The van der Waals surface area contributed by atoms with Crippen LogP contribution in [0.25, 0.3) is 16.2 Å². The quantitative estimate of drug-likeness (QED) is 0.350. The van der Waals surface area contributed by atoms with Gasteiger partial charge in [-0.1, -0.05) is 36.4 Å². The topological polar surface area (TPSA) is 75.5 Å². The molecule has 5 rings (SSSR count). The van der Waals surface area contributed by atoms with Gasteiger partial charge in [0.05, 0.1) is 5.69 Å². The smallest absolute Gasteiger partial charge is 0.255 e. The predicted molar refractivity (Wildman–Crippen MR) is 132 cm³/mol. The number of anilines is 2. The Bertz CT molecular complexity index is 1420. The van der Waals surface area contributed by atoms with Crippen LogP contribution in [0.1, 0.15) is 26.3 Å². The highest BCUT2D eigenvalue weighted by Crippen LogP contribution is 2.24. The molecule has 0 spiro atoms. The summed E-state index contributed by atoms with van der Waals surface area (Å²) in [7, 11) is 0. The van der Waals surface area contributed by atoms with E-state index in [1.165, 1.54) is 0 Å². The molecule has 2 aromatic heterocycles. The first kappa shape index (κ1) is 20.7. The third-order valence-electron chi connectivity index (χ3n) is 5.32. The predicted octanol–water partition coefficient (Wildman–Crippen LogP) is 5.88. The molecule has 0 aliphatic rings. The zero-order valence-electron chi connectivity index (χ0n) is 17.8. The van der Waals surface area contributed by atoms with Crippen LogP contribution in [0, 0.1) is 6.92 Å². The Kier molecular flexibility index (Phi) is 5.46. The van der Waals surface area contributed by atoms with Crippen molar-refractivity contribution in [1.82, 2.24) is 9.38 Å². The molecule has 162 valence electrons. The molecule has 5 aromatic rings. The van der Waals surface area contributed by atoms with E-state index in [-0.39, 0.29) is 11.8 Å². The van der Waals surface area contributed by atoms with E-state index < -0.39 is 0 Å². The Morgan fingerprint density at radius 3 is 2.39 bits per heavy atom. The highest BCUT2D eigenvalue weighted by Gasteiger charge is 2.12. The van der Waals surface area contributed by atoms with E-state index in [1.807, 2.05) is 77.6 Å². The monoisotopic (exact) mass is 452 g/mol. The molecule has 0 unspecified atom stereocenters. The number of fused-ring (bicyclic) bond motifs is 1. The zero-order valence-corrected chi connectivity index (χ0v) is 18.6. The van der Waals surface area contributed by atoms with E-state index in [4.69, 9.17) is 0 Å². The number of thiazole rings is 1. The summed E-state index contributed by atoms with van der Waals surface area (Å²) in [5.74, 6) is -0.466. The third kappa shape index (κ3) is 4.40. The molecular weight excluding hydrogens is 432 g/mol. The molecule has 0 aliphatic heterocycles. The fourth-order valence-corrected chi connectivity index (χ4v) is 4.18. The number of imidazole rings is 1. The van der Waals surface area contributed by atoms with Crippen LogP contribution in [-0.4, -0.2) is 21.2 Å². The molecule has 0 radical (unpaired) electrons. The Hall–Kier alpha value is -4.23. The van der Waals surface area contributed by atoms with Gasteiger partial charge in [-0.2, -0.15) is 0 Å². The highest BCUT2D eigenvalue weighted by molar-refractivity contribution is 7.15. The Morgan fingerprint density at radius 1 is 0.879 bits per heavy atom. The van der Waals surface area contributed by atoms with Crippen LogP contribution in [0.15, 0.2) is 90.6 Å². The summed E-state index contributed by atoms with van der Waals surface area (Å²) in [6.07, 6.45) is 3.96. The lowest BCUT2D eigenvalue weighted by Gasteiger charge is -2.11. The van der Waals surface area contributed by atoms with Crippen molar-refractivity contribution in [2.75, 3.05) is 10.6 Å². The van der Waals surface area contributed by atoms with Crippen LogP contribution in [0.5, 0.6) is 0 Å². The van der Waals surface area contributed by atoms with Crippen LogP contribution < -0.4 is 10.6 Å². The number of aryl methyl sites for hydroxylation is 1. The second-order valence-electron chi connectivity index (χ2n) is 7.60. The maximum Gasteiger partial charge on any atom is 0.255 e. The average Bonchev–Trinajstić information content (AvgIpc) is 3.44. The van der Waals surface area contributed by atoms with Crippen LogP contribution in [0.2, 0.25) is 0 Å². The molecule has 0 fully saturated rings. The van der Waals surface area contributed by atoms with Crippen molar-refractivity contribution in [2.24, 2.45) is 0 Å². The third-order valence-corrected chi connectivity index (χ3v) is 6.09. The maximum atomic E-state index is 12.8. The van der Waals surface area contributed by atoms with Gasteiger partial charge in [0.2, 0.25) is 0 Å². The number of hydrogen-bond donors (Lipinski definition) is 2. The van der Waals surface area contributed by atoms with E-state index >= 15 is 0 Å². The number of hydrogen-bond acceptors (Lipinski definition) is 4. The number of carbonyl (C=O) groups is 2. The van der Waals surface area contributed by atoms with E-state index in [1.54, 1.807) is 35.6 Å². The fraction of sp³-hybridized carbons (Fsp3) is 0.0385. The SMILES string of the molecule is Cc1ccc(C(=O)Nc2ccc(-c3cn4ccsc4n3)cc2)cc1NC(=O)c1ccccc1. The molecule has 33 heavy (non-hydrogen) atoms. The average molecular weight is 453 g/mol. The van der Waals surface area contributed by atoms with Gasteiger partial charge in [-0.05, 0) is 48.9 Å². The van der Waals surface area contributed by atoms with Crippen molar-refractivity contribution >= 4 is 39.5 Å².